The van der Waals surface area contributed by atoms with Crippen molar-refractivity contribution >= 4 is 5.91 Å². The normalized spacial score (nSPS) is 19.3. The maximum atomic E-state index is 11.8. The number of hydrogen-bond donors (Lipinski definition) is 0. The summed E-state index contributed by atoms with van der Waals surface area (Å²) in [6, 6.07) is 1.74. The molecule has 0 N–H and O–H groups in total. The Kier molecular flexibility index (Phi) is 4.68. The van der Waals surface area contributed by atoms with E-state index in [2.05, 4.69) is 9.97 Å². The van der Waals surface area contributed by atoms with Crippen LogP contribution in [0.25, 0.3) is 0 Å². The molecule has 1 aliphatic rings. The van der Waals surface area contributed by atoms with Crippen molar-refractivity contribution in [3.8, 4) is 5.88 Å². The lowest BCUT2D eigenvalue weighted by atomic mass is 10.1. The van der Waals surface area contributed by atoms with Crippen molar-refractivity contribution < 1.29 is 14.3 Å². The van der Waals surface area contributed by atoms with Crippen LogP contribution in [0.3, 0.4) is 0 Å². The fourth-order valence-electron chi connectivity index (χ4n) is 2.15. The summed E-state index contributed by atoms with van der Waals surface area (Å²) in [6.07, 6.45) is 3.53. The number of amides is 1. The van der Waals surface area contributed by atoms with Crippen LogP contribution in [0.4, 0.5) is 0 Å². The van der Waals surface area contributed by atoms with Crippen LogP contribution in [0.1, 0.15) is 18.7 Å². The number of methoxy groups -OCH3 is 1. The number of likely N-dealkylation sites (tertiary alicyclic amines) is 1. The highest BCUT2D eigenvalue weighted by Gasteiger charge is 2.24. The van der Waals surface area contributed by atoms with Crippen LogP contribution in [0.15, 0.2) is 12.3 Å². The number of hydrogen-bond acceptors (Lipinski definition) is 5. The van der Waals surface area contributed by atoms with Crippen LogP contribution in [0, 0.1) is 6.92 Å². The van der Waals surface area contributed by atoms with Gasteiger partial charge < -0.3 is 14.4 Å². The summed E-state index contributed by atoms with van der Waals surface area (Å²) in [5.74, 6) is 1.26. The van der Waals surface area contributed by atoms with Gasteiger partial charge in [0.1, 0.15) is 18.5 Å². The summed E-state index contributed by atoms with van der Waals surface area (Å²) in [6.45, 7) is 3.30. The minimum atomic E-state index is -0.0103. The first-order valence-corrected chi connectivity index (χ1v) is 6.42. The summed E-state index contributed by atoms with van der Waals surface area (Å²) < 4.78 is 10.7. The van der Waals surface area contributed by atoms with Crippen LogP contribution in [0.5, 0.6) is 5.88 Å². The van der Waals surface area contributed by atoms with E-state index in [-0.39, 0.29) is 18.6 Å². The number of carbonyl (C=O) groups is 1. The second-order valence-corrected chi connectivity index (χ2v) is 4.60. The van der Waals surface area contributed by atoms with Gasteiger partial charge in [-0.15, -0.1) is 0 Å². The molecule has 1 aromatic rings. The molecule has 1 fully saturated rings. The van der Waals surface area contributed by atoms with E-state index in [1.807, 2.05) is 6.92 Å². The van der Waals surface area contributed by atoms with Gasteiger partial charge in [0.25, 0.3) is 0 Å². The van der Waals surface area contributed by atoms with Gasteiger partial charge in [0, 0.05) is 25.9 Å². The molecule has 0 bridgehead atoms. The predicted octanol–water partition coefficient (Wildman–Crippen LogP) is 0.801. The average molecular weight is 265 g/mol. The number of aromatic nitrogens is 2. The largest absolute Gasteiger partial charge is 0.472 e. The van der Waals surface area contributed by atoms with Crippen molar-refractivity contribution in [1.82, 2.24) is 14.9 Å². The monoisotopic (exact) mass is 265 g/mol. The van der Waals surface area contributed by atoms with Crippen molar-refractivity contribution in [2.45, 2.75) is 25.9 Å². The van der Waals surface area contributed by atoms with Gasteiger partial charge in [-0.3, -0.25) is 4.79 Å². The second kappa shape index (κ2) is 6.47. The topological polar surface area (TPSA) is 64.5 Å². The first-order valence-electron chi connectivity index (χ1n) is 6.42. The molecular formula is C13H19N3O3. The smallest absolute Gasteiger partial charge is 0.248 e. The maximum absolute atomic E-state index is 11.8. The quantitative estimate of drug-likeness (QED) is 0.805. The van der Waals surface area contributed by atoms with Gasteiger partial charge in [-0.05, 0) is 19.8 Å². The molecule has 1 amide bonds. The number of rotatable bonds is 4. The third-order valence-electron chi connectivity index (χ3n) is 3.04. The van der Waals surface area contributed by atoms with Crippen LogP contribution in [0.2, 0.25) is 0 Å². The zero-order valence-electron chi connectivity index (χ0n) is 11.3. The van der Waals surface area contributed by atoms with Gasteiger partial charge in [-0.25, -0.2) is 4.98 Å². The minimum Gasteiger partial charge on any atom is -0.472 e. The molecule has 0 radical (unpaired) electrons. The van der Waals surface area contributed by atoms with Crippen LogP contribution in [-0.4, -0.2) is 53.7 Å². The Morgan fingerprint density at radius 1 is 1.58 bits per heavy atom. The van der Waals surface area contributed by atoms with Gasteiger partial charge in [-0.2, -0.15) is 4.98 Å². The van der Waals surface area contributed by atoms with E-state index in [1.165, 1.54) is 7.11 Å². The number of nitrogens with zero attached hydrogens (tertiary/aromatic N) is 3. The Morgan fingerprint density at radius 3 is 3.16 bits per heavy atom. The lowest BCUT2D eigenvalue weighted by Crippen LogP contribution is -2.45. The van der Waals surface area contributed by atoms with Crippen LogP contribution < -0.4 is 4.74 Å². The van der Waals surface area contributed by atoms with E-state index < -0.39 is 0 Å². The van der Waals surface area contributed by atoms with E-state index in [0.29, 0.717) is 18.2 Å². The third-order valence-corrected chi connectivity index (χ3v) is 3.04. The van der Waals surface area contributed by atoms with E-state index in [4.69, 9.17) is 9.47 Å². The van der Waals surface area contributed by atoms with Gasteiger partial charge in [0.05, 0.1) is 6.54 Å². The molecule has 1 atom stereocenters. The molecule has 6 heteroatoms. The lowest BCUT2D eigenvalue weighted by Gasteiger charge is -2.32. The Labute approximate surface area is 112 Å². The molecule has 0 saturated carbocycles. The third kappa shape index (κ3) is 3.89. The highest BCUT2D eigenvalue weighted by Crippen LogP contribution is 2.16. The van der Waals surface area contributed by atoms with Gasteiger partial charge in [0.2, 0.25) is 11.8 Å². The van der Waals surface area contributed by atoms with Gasteiger partial charge >= 0.3 is 0 Å². The molecule has 1 saturated heterocycles. The van der Waals surface area contributed by atoms with Crippen LogP contribution in [-0.2, 0) is 9.53 Å². The van der Waals surface area contributed by atoms with Crippen molar-refractivity contribution in [3.05, 3.63) is 18.1 Å². The summed E-state index contributed by atoms with van der Waals surface area (Å²) in [4.78, 5) is 21.8. The lowest BCUT2D eigenvalue weighted by molar-refractivity contribution is -0.137. The van der Waals surface area contributed by atoms with Crippen molar-refractivity contribution in [2.24, 2.45) is 0 Å². The highest BCUT2D eigenvalue weighted by molar-refractivity contribution is 5.77. The van der Waals surface area contributed by atoms with Gasteiger partial charge in [0.15, 0.2) is 0 Å². The molecule has 6 nitrogen and oxygen atoms in total. The summed E-state index contributed by atoms with van der Waals surface area (Å²) in [5, 5.41) is 0. The molecule has 104 valence electrons. The van der Waals surface area contributed by atoms with Crippen molar-refractivity contribution in [2.75, 3.05) is 26.8 Å². The first-order chi connectivity index (χ1) is 9.19. The fourth-order valence-corrected chi connectivity index (χ4v) is 2.15. The number of piperidine rings is 1. The zero-order chi connectivity index (χ0) is 13.7. The molecule has 1 unspecified atom stereocenters. The Bertz CT molecular complexity index is 439. The zero-order valence-corrected chi connectivity index (χ0v) is 11.3. The van der Waals surface area contributed by atoms with Crippen molar-refractivity contribution in [3.63, 3.8) is 0 Å². The summed E-state index contributed by atoms with van der Waals surface area (Å²) in [5.41, 5.74) is 0. The standard InChI is InChI=1S/C13H19N3O3/c1-10-14-6-5-12(15-10)19-11-4-3-7-16(8-11)13(17)9-18-2/h5-6,11H,3-4,7-9H2,1-2H3. The average Bonchev–Trinajstić information content (AvgIpc) is 2.39. The van der Waals surface area contributed by atoms with E-state index in [9.17, 15) is 4.79 Å². The minimum absolute atomic E-state index is 0.00895. The first kappa shape index (κ1) is 13.7. The molecule has 1 aliphatic heterocycles. The Balaban J connectivity index is 1.92. The molecular weight excluding hydrogens is 246 g/mol. The molecule has 0 spiro atoms. The summed E-state index contributed by atoms with van der Waals surface area (Å²) in [7, 11) is 1.53. The number of carbonyl (C=O) groups excluding carboxylic acids is 1. The maximum Gasteiger partial charge on any atom is 0.248 e. The number of aryl methyl sites for hydroxylation is 1. The second-order valence-electron chi connectivity index (χ2n) is 4.60. The highest BCUT2D eigenvalue weighted by atomic mass is 16.5. The molecule has 0 aromatic carbocycles. The van der Waals surface area contributed by atoms with E-state index >= 15 is 0 Å². The van der Waals surface area contributed by atoms with Crippen molar-refractivity contribution in [1.29, 1.82) is 0 Å². The molecule has 2 heterocycles. The number of ether oxygens (including phenoxy) is 2. The SMILES string of the molecule is COCC(=O)N1CCCC(Oc2ccnc(C)n2)C1. The molecule has 19 heavy (non-hydrogen) atoms. The molecule has 2 rings (SSSR count). The Morgan fingerprint density at radius 2 is 2.42 bits per heavy atom. The van der Waals surface area contributed by atoms with Crippen LogP contribution >= 0.6 is 0 Å². The molecule has 0 aliphatic carbocycles. The van der Waals surface area contributed by atoms with E-state index in [1.54, 1.807) is 17.2 Å². The van der Waals surface area contributed by atoms with E-state index in [0.717, 1.165) is 19.4 Å². The summed E-state index contributed by atoms with van der Waals surface area (Å²) >= 11 is 0. The van der Waals surface area contributed by atoms with Gasteiger partial charge in [-0.1, -0.05) is 0 Å². The fraction of sp³-hybridized carbons (Fsp3) is 0.615. The Hall–Kier alpha value is -1.69. The predicted molar refractivity (Wildman–Crippen MR) is 68.9 cm³/mol. The molecule has 1 aromatic heterocycles.